The van der Waals surface area contributed by atoms with Gasteiger partial charge in [-0.05, 0) is 42.6 Å². The van der Waals surface area contributed by atoms with E-state index in [0.717, 1.165) is 6.42 Å². The maximum Gasteiger partial charge on any atom is 0.00646 e. The average Bonchev–Trinajstić information content (AvgIpc) is 2.40. The van der Waals surface area contributed by atoms with Crippen molar-refractivity contribution in [2.75, 3.05) is 7.05 Å². The van der Waals surface area contributed by atoms with E-state index in [2.05, 4.69) is 61.8 Å². The molecule has 0 saturated carbocycles. The Bertz CT molecular complexity index is 472. The fourth-order valence-electron chi connectivity index (χ4n) is 2.29. The minimum absolute atomic E-state index is 0.640. The topological polar surface area (TPSA) is 12.0 Å². The van der Waals surface area contributed by atoms with Gasteiger partial charge in [0.2, 0.25) is 0 Å². The lowest BCUT2D eigenvalue weighted by Gasteiger charge is -2.13. The summed E-state index contributed by atoms with van der Waals surface area (Å²) in [6, 6.07) is 16.0. The van der Waals surface area contributed by atoms with Crippen LogP contribution < -0.4 is 5.32 Å². The molecule has 17 heavy (non-hydrogen) atoms. The lowest BCUT2D eigenvalue weighted by atomic mass is 10.0. The van der Waals surface area contributed by atoms with Crippen LogP contribution in [0, 0.1) is 0 Å². The molecule has 0 heterocycles. The Balaban J connectivity index is 2.09. The normalized spacial score (nSPS) is 12.8. The highest BCUT2D eigenvalue weighted by Gasteiger charge is 2.03. The molecule has 2 rings (SSSR count). The minimum atomic E-state index is 0.640. The molecule has 2 aromatic rings. The van der Waals surface area contributed by atoms with Crippen LogP contribution in [0.4, 0.5) is 0 Å². The van der Waals surface area contributed by atoms with Crippen molar-refractivity contribution in [1.82, 2.24) is 5.32 Å². The van der Waals surface area contributed by atoms with Crippen LogP contribution in [-0.2, 0) is 6.42 Å². The highest BCUT2D eigenvalue weighted by atomic mass is 14.9. The molecule has 2 aromatic carbocycles. The Hall–Kier alpha value is -1.34. The van der Waals surface area contributed by atoms with E-state index in [0.29, 0.717) is 6.04 Å². The summed E-state index contributed by atoms with van der Waals surface area (Å²) < 4.78 is 0. The SMILES string of the molecule is CCC(CCc1ccc2ccccc2c1)NC. The van der Waals surface area contributed by atoms with Crippen LogP contribution in [-0.4, -0.2) is 13.1 Å². The zero-order valence-electron chi connectivity index (χ0n) is 10.7. The van der Waals surface area contributed by atoms with E-state index in [1.807, 2.05) is 0 Å². The molecule has 0 aromatic heterocycles. The number of rotatable bonds is 5. The Morgan fingerprint density at radius 3 is 2.53 bits per heavy atom. The van der Waals surface area contributed by atoms with Crippen LogP contribution in [0.3, 0.4) is 0 Å². The van der Waals surface area contributed by atoms with E-state index in [1.165, 1.54) is 29.2 Å². The van der Waals surface area contributed by atoms with E-state index < -0.39 is 0 Å². The van der Waals surface area contributed by atoms with Crippen LogP contribution in [0.15, 0.2) is 42.5 Å². The second-order valence-electron chi connectivity index (χ2n) is 4.61. The number of aryl methyl sites for hydroxylation is 1. The van der Waals surface area contributed by atoms with Crippen molar-refractivity contribution in [1.29, 1.82) is 0 Å². The first-order chi connectivity index (χ1) is 8.33. The summed E-state index contributed by atoms with van der Waals surface area (Å²) in [5.41, 5.74) is 1.44. The maximum absolute atomic E-state index is 3.36. The molecule has 0 saturated heterocycles. The third-order valence-corrected chi connectivity index (χ3v) is 3.50. The van der Waals surface area contributed by atoms with Crippen LogP contribution in [0.25, 0.3) is 10.8 Å². The summed E-state index contributed by atoms with van der Waals surface area (Å²) in [6.45, 7) is 2.24. The first-order valence-corrected chi connectivity index (χ1v) is 6.48. The van der Waals surface area contributed by atoms with E-state index in [-0.39, 0.29) is 0 Å². The summed E-state index contributed by atoms with van der Waals surface area (Å²) >= 11 is 0. The summed E-state index contributed by atoms with van der Waals surface area (Å²) in [5, 5.41) is 6.04. The number of nitrogens with one attached hydrogen (secondary N) is 1. The van der Waals surface area contributed by atoms with Gasteiger partial charge < -0.3 is 5.32 Å². The molecular formula is C16H21N. The van der Waals surface area contributed by atoms with Gasteiger partial charge in [0.25, 0.3) is 0 Å². The molecule has 0 aliphatic rings. The molecule has 0 spiro atoms. The molecule has 90 valence electrons. The summed E-state index contributed by atoms with van der Waals surface area (Å²) in [5.74, 6) is 0. The monoisotopic (exact) mass is 227 g/mol. The largest absolute Gasteiger partial charge is 0.317 e. The highest BCUT2D eigenvalue weighted by Crippen LogP contribution is 2.17. The molecule has 0 aliphatic carbocycles. The molecule has 0 aliphatic heterocycles. The molecular weight excluding hydrogens is 206 g/mol. The fraction of sp³-hybridized carbons (Fsp3) is 0.375. The molecule has 0 amide bonds. The average molecular weight is 227 g/mol. The lowest BCUT2D eigenvalue weighted by molar-refractivity contribution is 0.509. The van der Waals surface area contributed by atoms with Crippen molar-refractivity contribution in [3.63, 3.8) is 0 Å². The van der Waals surface area contributed by atoms with Gasteiger partial charge in [0, 0.05) is 6.04 Å². The van der Waals surface area contributed by atoms with E-state index in [9.17, 15) is 0 Å². The van der Waals surface area contributed by atoms with Crippen molar-refractivity contribution in [3.8, 4) is 0 Å². The van der Waals surface area contributed by atoms with Crippen LogP contribution >= 0.6 is 0 Å². The molecule has 0 fully saturated rings. The Morgan fingerprint density at radius 2 is 1.82 bits per heavy atom. The minimum Gasteiger partial charge on any atom is -0.317 e. The zero-order chi connectivity index (χ0) is 12.1. The first kappa shape index (κ1) is 12.1. The molecule has 1 atom stereocenters. The standard InChI is InChI=1S/C16H21N/c1-3-16(17-2)11-9-13-8-10-14-6-4-5-7-15(14)12-13/h4-8,10,12,16-17H,3,9,11H2,1-2H3. The van der Waals surface area contributed by atoms with E-state index >= 15 is 0 Å². The van der Waals surface area contributed by atoms with Gasteiger partial charge in [-0.15, -0.1) is 0 Å². The zero-order valence-corrected chi connectivity index (χ0v) is 10.7. The summed E-state index contributed by atoms with van der Waals surface area (Å²) in [6.07, 6.45) is 3.57. The van der Waals surface area contributed by atoms with Crippen LogP contribution in [0.1, 0.15) is 25.3 Å². The Morgan fingerprint density at radius 1 is 1.06 bits per heavy atom. The number of hydrogen-bond acceptors (Lipinski definition) is 1. The Kier molecular flexibility index (Phi) is 4.16. The first-order valence-electron chi connectivity index (χ1n) is 6.48. The van der Waals surface area contributed by atoms with Crippen LogP contribution in [0.5, 0.6) is 0 Å². The van der Waals surface area contributed by atoms with Crippen molar-refractivity contribution in [2.24, 2.45) is 0 Å². The van der Waals surface area contributed by atoms with Gasteiger partial charge in [-0.1, -0.05) is 49.4 Å². The summed E-state index contributed by atoms with van der Waals surface area (Å²) in [7, 11) is 2.05. The second kappa shape index (κ2) is 5.83. The van der Waals surface area contributed by atoms with Gasteiger partial charge in [0.05, 0.1) is 0 Å². The van der Waals surface area contributed by atoms with Gasteiger partial charge >= 0.3 is 0 Å². The number of fused-ring (bicyclic) bond motifs is 1. The van der Waals surface area contributed by atoms with Gasteiger partial charge in [-0.2, -0.15) is 0 Å². The molecule has 0 bridgehead atoms. The smallest absolute Gasteiger partial charge is 0.00646 e. The maximum atomic E-state index is 3.36. The van der Waals surface area contributed by atoms with Crippen LogP contribution in [0.2, 0.25) is 0 Å². The molecule has 0 radical (unpaired) electrons. The third kappa shape index (κ3) is 3.07. The summed E-state index contributed by atoms with van der Waals surface area (Å²) in [4.78, 5) is 0. The van der Waals surface area contributed by atoms with Gasteiger partial charge in [-0.25, -0.2) is 0 Å². The predicted molar refractivity (Wildman–Crippen MR) is 75.4 cm³/mol. The third-order valence-electron chi connectivity index (χ3n) is 3.50. The van der Waals surface area contributed by atoms with Crippen molar-refractivity contribution < 1.29 is 0 Å². The van der Waals surface area contributed by atoms with Gasteiger partial charge in [-0.3, -0.25) is 0 Å². The second-order valence-corrected chi connectivity index (χ2v) is 4.61. The van der Waals surface area contributed by atoms with Gasteiger partial charge in [0.1, 0.15) is 0 Å². The molecule has 1 N–H and O–H groups in total. The lowest BCUT2D eigenvalue weighted by Crippen LogP contribution is -2.24. The van der Waals surface area contributed by atoms with E-state index in [4.69, 9.17) is 0 Å². The highest BCUT2D eigenvalue weighted by molar-refractivity contribution is 5.82. The molecule has 1 heteroatoms. The number of hydrogen-bond donors (Lipinski definition) is 1. The molecule has 1 unspecified atom stereocenters. The fourth-order valence-corrected chi connectivity index (χ4v) is 2.29. The van der Waals surface area contributed by atoms with Gasteiger partial charge in [0.15, 0.2) is 0 Å². The van der Waals surface area contributed by atoms with E-state index in [1.54, 1.807) is 0 Å². The number of benzene rings is 2. The van der Waals surface area contributed by atoms with Crippen molar-refractivity contribution >= 4 is 10.8 Å². The van der Waals surface area contributed by atoms with Crippen molar-refractivity contribution in [3.05, 3.63) is 48.0 Å². The predicted octanol–water partition coefficient (Wildman–Crippen LogP) is 3.77. The van der Waals surface area contributed by atoms with Crippen molar-refractivity contribution in [2.45, 2.75) is 32.2 Å². The Labute approximate surface area is 104 Å². The molecule has 1 nitrogen and oxygen atoms in total. The quantitative estimate of drug-likeness (QED) is 0.820.